The number of hydrogen-bond donors (Lipinski definition) is 0. The van der Waals surface area contributed by atoms with Gasteiger partial charge in [0, 0.05) is 18.4 Å². The Balaban J connectivity index is 2.52. The SMILES string of the molecule is CC1C(=O)CCC1S(=O)(=O)c1ccccc1[N+](=O)[O-]. The van der Waals surface area contributed by atoms with E-state index in [0.717, 1.165) is 6.07 Å². The minimum absolute atomic E-state index is 0.104. The molecule has 19 heavy (non-hydrogen) atoms. The van der Waals surface area contributed by atoms with E-state index in [0.29, 0.717) is 0 Å². The fraction of sp³-hybridized carbons (Fsp3) is 0.417. The number of para-hydroxylation sites is 1. The van der Waals surface area contributed by atoms with Crippen LogP contribution in [0.4, 0.5) is 5.69 Å². The summed E-state index contributed by atoms with van der Waals surface area (Å²) in [5.41, 5.74) is -0.436. The molecule has 1 aliphatic carbocycles. The Kier molecular flexibility index (Phi) is 3.40. The molecular weight excluding hydrogens is 270 g/mol. The lowest BCUT2D eigenvalue weighted by atomic mass is 10.1. The summed E-state index contributed by atoms with van der Waals surface area (Å²) in [5.74, 6) is -0.711. The fourth-order valence-corrected chi connectivity index (χ4v) is 4.55. The molecule has 102 valence electrons. The number of benzene rings is 1. The van der Waals surface area contributed by atoms with E-state index >= 15 is 0 Å². The second-order valence-corrected chi connectivity index (χ2v) is 6.74. The van der Waals surface area contributed by atoms with Crippen LogP contribution in [-0.2, 0) is 14.6 Å². The summed E-state index contributed by atoms with van der Waals surface area (Å²) in [5, 5.41) is 10.0. The van der Waals surface area contributed by atoms with Crippen molar-refractivity contribution in [3.8, 4) is 0 Å². The van der Waals surface area contributed by atoms with Crippen LogP contribution in [0, 0.1) is 16.0 Å². The van der Waals surface area contributed by atoms with E-state index in [1.807, 2.05) is 0 Å². The third-order valence-electron chi connectivity index (χ3n) is 3.51. The highest BCUT2D eigenvalue weighted by atomic mass is 32.2. The molecule has 0 radical (unpaired) electrons. The number of Topliss-reactive ketones (excluding diaryl/α,β-unsaturated/α-hetero) is 1. The smallest absolute Gasteiger partial charge is 0.287 e. The van der Waals surface area contributed by atoms with Gasteiger partial charge in [0.2, 0.25) is 0 Å². The van der Waals surface area contributed by atoms with E-state index in [-0.39, 0.29) is 23.5 Å². The number of carbonyl (C=O) groups is 1. The molecule has 2 unspecified atom stereocenters. The Morgan fingerprint density at radius 1 is 1.32 bits per heavy atom. The summed E-state index contributed by atoms with van der Waals surface area (Å²) >= 11 is 0. The van der Waals surface area contributed by atoms with Crippen molar-refractivity contribution < 1.29 is 18.1 Å². The lowest BCUT2D eigenvalue weighted by molar-refractivity contribution is -0.387. The van der Waals surface area contributed by atoms with E-state index < -0.39 is 31.6 Å². The summed E-state index contributed by atoms with van der Waals surface area (Å²) in [6, 6.07) is 5.25. The molecular formula is C12H13NO5S. The molecule has 1 aliphatic rings. The van der Waals surface area contributed by atoms with Crippen molar-refractivity contribution in [3.05, 3.63) is 34.4 Å². The molecule has 0 saturated heterocycles. The molecule has 1 saturated carbocycles. The van der Waals surface area contributed by atoms with Crippen molar-refractivity contribution in [1.29, 1.82) is 0 Å². The number of rotatable bonds is 3. The van der Waals surface area contributed by atoms with Crippen molar-refractivity contribution >= 4 is 21.3 Å². The molecule has 1 aromatic carbocycles. The molecule has 0 aliphatic heterocycles. The molecule has 2 rings (SSSR count). The van der Waals surface area contributed by atoms with Crippen molar-refractivity contribution in [3.63, 3.8) is 0 Å². The first-order chi connectivity index (χ1) is 8.85. The lowest BCUT2D eigenvalue weighted by Crippen LogP contribution is -2.26. The van der Waals surface area contributed by atoms with Gasteiger partial charge in [0.15, 0.2) is 9.84 Å². The van der Waals surface area contributed by atoms with Crippen molar-refractivity contribution in [2.75, 3.05) is 0 Å². The molecule has 0 N–H and O–H groups in total. The topological polar surface area (TPSA) is 94.3 Å². The van der Waals surface area contributed by atoms with Crippen LogP contribution in [0.15, 0.2) is 29.2 Å². The summed E-state index contributed by atoms with van der Waals surface area (Å²) in [4.78, 5) is 21.4. The first kappa shape index (κ1) is 13.7. The Hall–Kier alpha value is -1.76. The summed E-state index contributed by atoms with van der Waals surface area (Å²) in [7, 11) is -3.86. The molecule has 0 bridgehead atoms. The molecule has 1 aromatic rings. The molecule has 2 atom stereocenters. The van der Waals surface area contributed by atoms with E-state index in [1.54, 1.807) is 6.92 Å². The van der Waals surface area contributed by atoms with Crippen LogP contribution in [0.2, 0.25) is 0 Å². The van der Waals surface area contributed by atoms with Gasteiger partial charge in [0.05, 0.1) is 10.2 Å². The third kappa shape index (κ3) is 2.25. The third-order valence-corrected chi connectivity index (χ3v) is 5.91. The number of nitro groups is 1. The highest BCUT2D eigenvalue weighted by Crippen LogP contribution is 2.35. The number of sulfone groups is 1. The highest BCUT2D eigenvalue weighted by Gasteiger charge is 2.42. The number of carbonyl (C=O) groups excluding carboxylic acids is 1. The average Bonchev–Trinajstić information content (AvgIpc) is 2.70. The molecule has 1 fully saturated rings. The first-order valence-corrected chi connectivity index (χ1v) is 7.40. The van der Waals surface area contributed by atoms with E-state index in [4.69, 9.17) is 0 Å². The van der Waals surface area contributed by atoms with Crippen LogP contribution in [0.1, 0.15) is 19.8 Å². The zero-order valence-electron chi connectivity index (χ0n) is 10.3. The molecule has 6 nitrogen and oxygen atoms in total. The number of nitro benzene ring substituents is 1. The minimum Gasteiger partial charge on any atom is -0.299 e. The number of ketones is 1. The van der Waals surface area contributed by atoms with Gasteiger partial charge in [-0.05, 0) is 12.5 Å². The van der Waals surface area contributed by atoms with E-state index in [9.17, 15) is 23.3 Å². The first-order valence-electron chi connectivity index (χ1n) is 5.85. The van der Waals surface area contributed by atoms with E-state index in [1.165, 1.54) is 18.2 Å². The predicted molar refractivity (Wildman–Crippen MR) is 67.5 cm³/mol. The minimum atomic E-state index is -3.86. The van der Waals surface area contributed by atoms with Gasteiger partial charge in [-0.15, -0.1) is 0 Å². The lowest BCUT2D eigenvalue weighted by Gasteiger charge is -2.15. The van der Waals surface area contributed by atoms with Crippen LogP contribution in [0.25, 0.3) is 0 Å². The maximum absolute atomic E-state index is 12.5. The monoisotopic (exact) mass is 283 g/mol. The Morgan fingerprint density at radius 3 is 2.47 bits per heavy atom. The normalized spacial score (nSPS) is 23.5. The highest BCUT2D eigenvalue weighted by molar-refractivity contribution is 7.92. The second kappa shape index (κ2) is 4.73. The Morgan fingerprint density at radius 2 is 1.95 bits per heavy atom. The van der Waals surface area contributed by atoms with Crippen LogP contribution in [-0.4, -0.2) is 24.4 Å². The van der Waals surface area contributed by atoms with Gasteiger partial charge in [-0.1, -0.05) is 19.1 Å². The van der Waals surface area contributed by atoms with Crippen molar-refractivity contribution in [1.82, 2.24) is 0 Å². The van der Waals surface area contributed by atoms with E-state index in [2.05, 4.69) is 0 Å². The van der Waals surface area contributed by atoms with Crippen LogP contribution in [0.3, 0.4) is 0 Å². The standard InChI is InChI=1S/C12H13NO5S/c1-8-10(14)6-7-11(8)19(17,18)12-5-3-2-4-9(12)13(15)16/h2-5,8,11H,6-7H2,1H3. The largest absolute Gasteiger partial charge is 0.299 e. The van der Waals surface area contributed by atoms with Gasteiger partial charge in [0.25, 0.3) is 5.69 Å². The molecule has 0 aromatic heterocycles. The summed E-state index contributed by atoms with van der Waals surface area (Å²) in [6.45, 7) is 1.56. The number of hydrogen-bond acceptors (Lipinski definition) is 5. The quantitative estimate of drug-likeness (QED) is 0.622. The predicted octanol–water partition coefficient (Wildman–Crippen LogP) is 1.74. The maximum Gasteiger partial charge on any atom is 0.287 e. The zero-order valence-corrected chi connectivity index (χ0v) is 11.1. The molecule has 0 spiro atoms. The van der Waals surface area contributed by atoms with Gasteiger partial charge in [-0.25, -0.2) is 8.42 Å². The van der Waals surface area contributed by atoms with Crippen molar-refractivity contribution in [2.24, 2.45) is 5.92 Å². The average molecular weight is 283 g/mol. The summed E-state index contributed by atoms with van der Waals surface area (Å²) in [6.07, 6.45) is 0.445. The van der Waals surface area contributed by atoms with Gasteiger partial charge in [-0.2, -0.15) is 0 Å². The van der Waals surface area contributed by atoms with Gasteiger partial charge < -0.3 is 0 Å². The summed E-state index contributed by atoms with van der Waals surface area (Å²) < 4.78 is 24.9. The molecule has 0 heterocycles. The Labute approximate surface area is 110 Å². The molecule has 0 amide bonds. The van der Waals surface area contributed by atoms with Crippen LogP contribution in [0.5, 0.6) is 0 Å². The van der Waals surface area contributed by atoms with Gasteiger partial charge in [0.1, 0.15) is 10.7 Å². The molecule has 7 heteroatoms. The van der Waals surface area contributed by atoms with Crippen LogP contribution < -0.4 is 0 Å². The Bertz CT molecular complexity index is 637. The number of nitrogens with zero attached hydrogens (tertiary/aromatic N) is 1. The fourth-order valence-electron chi connectivity index (χ4n) is 2.41. The van der Waals surface area contributed by atoms with Crippen LogP contribution >= 0.6 is 0 Å². The van der Waals surface area contributed by atoms with Gasteiger partial charge >= 0.3 is 0 Å². The second-order valence-electron chi connectivity index (χ2n) is 4.60. The van der Waals surface area contributed by atoms with Crippen molar-refractivity contribution in [2.45, 2.75) is 29.9 Å². The van der Waals surface area contributed by atoms with Gasteiger partial charge in [-0.3, -0.25) is 14.9 Å². The zero-order chi connectivity index (χ0) is 14.2. The maximum atomic E-state index is 12.5.